The molecule has 3 rings (SSSR count). The summed E-state index contributed by atoms with van der Waals surface area (Å²) in [6.07, 6.45) is 1.18. The summed E-state index contributed by atoms with van der Waals surface area (Å²) in [6, 6.07) is 21.8. The Morgan fingerprint density at radius 2 is 1.58 bits per heavy atom. The van der Waals surface area contributed by atoms with Crippen LogP contribution < -0.4 is 14.4 Å². The number of amides is 1. The molecule has 0 saturated heterocycles. The van der Waals surface area contributed by atoms with E-state index in [1.807, 2.05) is 45.0 Å². The van der Waals surface area contributed by atoms with Crippen LogP contribution in [0.4, 0.5) is 5.69 Å². The van der Waals surface area contributed by atoms with Crippen LogP contribution in [0.3, 0.4) is 0 Å². The summed E-state index contributed by atoms with van der Waals surface area (Å²) in [5.74, 6) is 0.506. The minimum absolute atomic E-state index is 0.127. The monoisotopic (exact) mass is 466 g/mol. The molecule has 0 aliphatic rings. The Labute approximate surface area is 196 Å². The Balaban J connectivity index is 1.70. The molecular weight excluding hydrogens is 436 g/mol. The Hall–Kier alpha value is -3.32. The van der Waals surface area contributed by atoms with E-state index in [2.05, 4.69) is 5.32 Å². The van der Waals surface area contributed by atoms with Crippen LogP contribution in [-0.4, -0.2) is 27.2 Å². The van der Waals surface area contributed by atoms with Crippen LogP contribution in [0.1, 0.15) is 46.9 Å². The number of carbonyl (C=O) groups excluding carboxylic acids is 1. The van der Waals surface area contributed by atoms with Crippen LogP contribution in [0.25, 0.3) is 0 Å². The van der Waals surface area contributed by atoms with Crippen LogP contribution in [0.15, 0.2) is 72.8 Å². The van der Waals surface area contributed by atoms with Crippen LogP contribution in [0.5, 0.6) is 5.75 Å². The fourth-order valence-corrected chi connectivity index (χ4v) is 4.31. The lowest BCUT2D eigenvalue weighted by atomic mass is 10.1. The number of nitrogens with one attached hydrogen (secondary N) is 1. The van der Waals surface area contributed by atoms with Crippen molar-refractivity contribution in [3.8, 4) is 5.75 Å². The smallest absolute Gasteiger partial charge is 0.251 e. The summed E-state index contributed by atoms with van der Waals surface area (Å²) in [7, 11) is -3.50. The molecule has 1 N–H and O–H groups in total. The summed E-state index contributed by atoms with van der Waals surface area (Å²) in [6.45, 7) is 6.56. The minimum Gasteiger partial charge on any atom is -0.494 e. The van der Waals surface area contributed by atoms with Gasteiger partial charge < -0.3 is 10.1 Å². The van der Waals surface area contributed by atoms with Crippen molar-refractivity contribution in [3.05, 3.63) is 95.1 Å². The molecule has 33 heavy (non-hydrogen) atoms. The molecule has 1 amide bonds. The van der Waals surface area contributed by atoms with Gasteiger partial charge in [0.1, 0.15) is 5.75 Å². The van der Waals surface area contributed by atoms with E-state index < -0.39 is 10.0 Å². The quantitative estimate of drug-likeness (QED) is 0.489. The van der Waals surface area contributed by atoms with Gasteiger partial charge in [-0.3, -0.25) is 9.10 Å². The van der Waals surface area contributed by atoms with Gasteiger partial charge in [0, 0.05) is 5.56 Å². The van der Waals surface area contributed by atoms with Crippen LogP contribution >= 0.6 is 0 Å². The van der Waals surface area contributed by atoms with E-state index in [9.17, 15) is 13.2 Å². The predicted molar refractivity (Wildman–Crippen MR) is 132 cm³/mol. The first-order chi connectivity index (χ1) is 15.7. The molecule has 0 aliphatic heterocycles. The van der Waals surface area contributed by atoms with Crippen molar-refractivity contribution in [1.82, 2.24) is 5.32 Å². The lowest BCUT2D eigenvalue weighted by Gasteiger charge is -2.23. The zero-order chi connectivity index (χ0) is 24.0. The number of benzene rings is 3. The molecule has 3 aromatic rings. The molecular formula is C26H30N2O4S. The molecule has 0 heterocycles. The predicted octanol–water partition coefficient (Wildman–Crippen LogP) is 4.85. The van der Waals surface area contributed by atoms with E-state index in [0.717, 1.165) is 11.1 Å². The van der Waals surface area contributed by atoms with Gasteiger partial charge in [0.2, 0.25) is 10.0 Å². The molecule has 0 saturated carbocycles. The molecule has 1 atom stereocenters. The van der Waals surface area contributed by atoms with Gasteiger partial charge in [-0.15, -0.1) is 0 Å². The van der Waals surface area contributed by atoms with E-state index in [1.165, 1.54) is 16.1 Å². The van der Waals surface area contributed by atoms with Crippen LogP contribution in [0.2, 0.25) is 0 Å². The second kappa shape index (κ2) is 10.5. The molecule has 174 valence electrons. The largest absolute Gasteiger partial charge is 0.494 e. The highest BCUT2D eigenvalue weighted by atomic mass is 32.2. The number of hydrogen-bond acceptors (Lipinski definition) is 4. The van der Waals surface area contributed by atoms with Gasteiger partial charge in [-0.1, -0.05) is 42.0 Å². The normalized spacial score (nSPS) is 12.1. The molecule has 6 nitrogen and oxygen atoms in total. The van der Waals surface area contributed by atoms with Crippen molar-refractivity contribution in [2.24, 2.45) is 0 Å². The van der Waals surface area contributed by atoms with E-state index >= 15 is 0 Å². The maximum Gasteiger partial charge on any atom is 0.251 e. The second-order valence-corrected chi connectivity index (χ2v) is 9.91. The number of hydrogen-bond donors (Lipinski definition) is 1. The number of anilines is 1. The van der Waals surface area contributed by atoms with Crippen molar-refractivity contribution >= 4 is 21.6 Å². The van der Waals surface area contributed by atoms with Crippen molar-refractivity contribution in [3.63, 3.8) is 0 Å². The lowest BCUT2D eigenvalue weighted by molar-refractivity contribution is 0.0940. The van der Waals surface area contributed by atoms with Crippen molar-refractivity contribution < 1.29 is 17.9 Å². The van der Waals surface area contributed by atoms with Crippen LogP contribution in [-0.2, 0) is 16.6 Å². The first-order valence-electron chi connectivity index (χ1n) is 10.8. The van der Waals surface area contributed by atoms with Crippen LogP contribution in [0, 0.1) is 6.92 Å². The fraction of sp³-hybridized carbons (Fsp3) is 0.269. The highest BCUT2D eigenvalue weighted by molar-refractivity contribution is 7.92. The number of ether oxygens (including phenoxy) is 1. The number of nitrogens with zero attached hydrogens (tertiary/aromatic N) is 1. The summed E-state index contributed by atoms with van der Waals surface area (Å²) in [5.41, 5.74) is 4.04. The highest BCUT2D eigenvalue weighted by Crippen LogP contribution is 2.24. The molecule has 0 radical (unpaired) electrons. The Morgan fingerprint density at radius 1 is 0.970 bits per heavy atom. The summed E-state index contributed by atoms with van der Waals surface area (Å²) < 4.78 is 31.6. The Kier molecular flexibility index (Phi) is 7.76. The lowest BCUT2D eigenvalue weighted by Crippen LogP contribution is -2.29. The van der Waals surface area contributed by atoms with Gasteiger partial charge in [-0.05, 0) is 68.3 Å². The van der Waals surface area contributed by atoms with Gasteiger partial charge in [0.05, 0.1) is 31.1 Å². The Bertz CT molecular complexity index is 1170. The van der Waals surface area contributed by atoms with Gasteiger partial charge in [0.25, 0.3) is 5.91 Å². The van der Waals surface area contributed by atoms with Gasteiger partial charge in [-0.25, -0.2) is 8.42 Å². The van der Waals surface area contributed by atoms with E-state index in [4.69, 9.17) is 4.74 Å². The molecule has 1 unspecified atom stereocenters. The molecule has 3 aromatic carbocycles. The van der Waals surface area contributed by atoms with Gasteiger partial charge in [-0.2, -0.15) is 0 Å². The number of carbonyl (C=O) groups is 1. The molecule has 0 bridgehead atoms. The number of sulfonamides is 1. The third-order valence-corrected chi connectivity index (χ3v) is 6.44. The third-order valence-electron chi connectivity index (χ3n) is 5.30. The maximum absolute atomic E-state index is 12.7. The number of aryl methyl sites for hydroxylation is 1. The SMILES string of the molecule is CCOc1ccc(N(Cc2ccc(C(=O)NC(C)c3ccc(C)cc3)cc2)S(C)(=O)=O)cc1. The average Bonchev–Trinajstić information content (AvgIpc) is 2.78. The highest BCUT2D eigenvalue weighted by Gasteiger charge is 2.18. The molecule has 0 fully saturated rings. The second-order valence-electron chi connectivity index (χ2n) is 8.00. The zero-order valence-electron chi connectivity index (χ0n) is 19.4. The van der Waals surface area contributed by atoms with E-state index in [0.29, 0.717) is 23.6 Å². The molecule has 0 aromatic heterocycles. The topological polar surface area (TPSA) is 75.7 Å². The van der Waals surface area contributed by atoms with Gasteiger partial charge >= 0.3 is 0 Å². The minimum atomic E-state index is -3.50. The average molecular weight is 467 g/mol. The van der Waals surface area contributed by atoms with E-state index in [1.54, 1.807) is 48.5 Å². The fourth-order valence-electron chi connectivity index (χ4n) is 3.42. The standard InChI is InChI=1S/C26H30N2O4S/c1-5-32-25-16-14-24(15-17-25)28(33(4,30)31)18-21-8-12-23(13-9-21)26(29)27-20(3)22-10-6-19(2)7-11-22/h6-17,20H,5,18H2,1-4H3,(H,27,29). The first kappa shape index (κ1) is 24.3. The van der Waals surface area contributed by atoms with Crippen molar-refractivity contribution in [2.45, 2.75) is 33.4 Å². The zero-order valence-corrected chi connectivity index (χ0v) is 20.2. The van der Waals surface area contributed by atoms with Crippen molar-refractivity contribution in [1.29, 1.82) is 0 Å². The maximum atomic E-state index is 12.7. The Morgan fingerprint density at radius 3 is 2.12 bits per heavy atom. The summed E-state index contributed by atoms with van der Waals surface area (Å²) in [4.78, 5) is 12.7. The molecule has 7 heteroatoms. The summed E-state index contributed by atoms with van der Waals surface area (Å²) in [5, 5.41) is 3.00. The number of rotatable bonds is 9. The van der Waals surface area contributed by atoms with E-state index in [-0.39, 0.29) is 18.5 Å². The van der Waals surface area contributed by atoms with Crippen molar-refractivity contribution in [2.75, 3.05) is 17.2 Å². The third kappa shape index (κ3) is 6.58. The first-order valence-corrected chi connectivity index (χ1v) is 12.7. The summed E-state index contributed by atoms with van der Waals surface area (Å²) >= 11 is 0. The molecule has 0 spiro atoms. The molecule has 0 aliphatic carbocycles. The van der Waals surface area contributed by atoms with Gasteiger partial charge in [0.15, 0.2) is 0 Å².